The Kier molecular flexibility index (Phi) is 7.39. The maximum atomic E-state index is 6.15. The summed E-state index contributed by atoms with van der Waals surface area (Å²) in [6.07, 6.45) is 1.10. The minimum absolute atomic E-state index is 0.180. The predicted molar refractivity (Wildman–Crippen MR) is 87.8 cm³/mol. The van der Waals surface area contributed by atoms with Gasteiger partial charge in [0.25, 0.3) is 0 Å². The van der Waals surface area contributed by atoms with Crippen molar-refractivity contribution in [3.05, 3.63) is 28.8 Å². The van der Waals surface area contributed by atoms with Crippen LogP contribution < -0.4 is 10.1 Å². The van der Waals surface area contributed by atoms with Crippen LogP contribution in [0.25, 0.3) is 0 Å². The second-order valence-electron chi connectivity index (χ2n) is 6.06. The van der Waals surface area contributed by atoms with Crippen molar-refractivity contribution in [1.29, 1.82) is 0 Å². The van der Waals surface area contributed by atoms with E-state index in [0.29, 0.717) is 11.8 Å². The van der Waals surface area contributed by atoms with Crippen molar-refractivity contribution in [2.75, 3.05) is 13.1 Å². The number of rotatable bonds is 8. The summed E-state index contributed by atoms with van der Waals surface area (Å²) in [6, 6.07) is 5.94. The molecule has 0 heterocycles. The van der Waals surface area contributed by atoms with E-state index in [1.54, 1.807) is 0 Å². The molecule has 1 unspecified atom stereocenters. The zero-order chi connectivity index (χ0) is 15.1. The highest BCUT2D eigenvalue weighted by Gasteiger charge is 2.15. The van der Waals surface area contributed by atoms with Crippen LogP contribution in [0.5, 0.6) is 5.75 Å². The Morgan fingerprint density at radius 3 is 2.40 bits per heavy atom. The molecule has 0 saturated heterocycles. The summed E-state index contributed by atoms with van der Waals surface area (Å²) in [6.45, 7) is 12.8. The van der Waals surface area contributed by atoms with Crippen LogP contribution >= 0.6 is 11.6 Å². The van der Waals surface area contributed by atoms with E-state index < -0.39 is 0 Å². The van der Waals surface area contributed by atoms with Crippen molar-refractivity contribution in [2.45, 2.75) is 47.1 Å². The van der Waals surface area contributed by atoms with Gasteiger partial charge in [0.05, 0.1) is 0 Å². The first-order valence-corrected chi connectivity index (χ1v) is 7.97. The van der Waals surface area contributed by atoms with E-state index in [4.69, 9.17) is 16.3 Å². The monoisotopic (exact) mass is 297 g/mol. The molecular weight excluding hydrogens is 270 g/mol. The molecule has 0 radical (unpaired) electrons. The average Bonchev–Trinajstić information content (AvgIpc) is 2.39. The van der Waals surface area contributed by atoms with Crippen LogP contribution in [0, 0.1) is 11.8 Å². The van der Waals surface area contributed by atoms with Crippen LogP contribution in [0.1, 0.15) is 40.2 Å². The highest BCUT2D eigenvalue weighted by atomic mass is 35.5. The molecule has 0 aromatic heterocycles. The molecule has 20 heavy (non-hydrogen) atoms. The van der Waals surface area contributed by atoms with Gasteiger partial charge in [-0.2, -0.15) is 0 Å². The zero-order valence-corrected chi connectivity index (χ0v) is 14.1. The summed E-state index contributed by atoms with van der Waals surface area (Å²) in [7, 11) is 0. The minimum atomic E-state index is 0.180. The molecule has 3 heteroatoms. The highest BCUT2D eigenvalue weighted by Crippen LogP contribution is 2.24. The molecule has 0 aliphatic carbocycles. The molecule has 1 aromatic rings. The first-order valence-electron chi connectivity index (χ1n) is 7.59. The molecule has 0 aliphatic rings. The fourth-order valence-electron chi connectivity index (χ4n) is 2.00. The summed E-state index contributed by atoms with van der Waals surface area (Å²) in [4.78, 5) is 0. The van der Waals surface area contributed by atoms with E-state index in [2.05, 4.69) is 46.0 Å². The Bertz CT molecular complexity index is 404. The Labute approximate surface area is 128 Å². The third-order valence-corrected chi connectivity index (χ3v) is 3.70. The fraction of sp³-hybridized carbons (Fsp3) is 0.647. The van der Waals surface area contributed by atoms with Crippen LogP contribution in [-0.4, -0.2) is 19.2 Å². The topological polar surface area (TPSA) is 21.3 Å². The van der Waals surface area contributed by atoms with Gasteiger partial charge in [-0.1, -0.05) is 46.2 Å². The summed E-state index contributed by atoms with van der Waals surface area (Å²) in [5.41, 5.74) is 1.14. The lowest BCUT2D eigenvalue weighted by molar-refractivity contribution is 0.148. The lowest BCUT2D eigenvalue weighted by Gasteiger charge is -2.24. The van der Waals surface area contributed by atoms with Crippen molar-refractivity contribution in [3.8, 4) is 5.75 Å². The van der Waals surface area contributed by atoms with Crippen LogP contribution in [0.4, 0.5) is 0 Å². The van der Waals surface area contributed by atoms with Gasteiger partial charge in [-0.25, -0.2) is 0 Å². The third-order valence-electron chi connectivity index (χ3n) is 3.33. The largest absolute Gasteiger partial charge is 0.489 e. The van der Waals surface area contributed by atoms with Crippen molar-refractivity contribution in [2.24, 2.45) is 11.8 Å². The summed E-state index contributed by atoms with van der Waals surface area (Å²) < 4.78 is 6.13. The van der Waals surface area contributed by atoms with Gasteiger partial charge in [0, 0.05) is 11.6 Å². The van der Waals surface area contributed by atoms with Gasteiger partial charge in [-0.15, -0.1) is 0 Å². The highest BCUT2D eigenvalue weighted by molar-refractivity contribution is 6.31. The van der Waals surface area contributed by atoms with Gasteiger partial charge in [0.1, 0.15) is 11.9 Å². The quantitative estimate of drug-likeness (QED) is 0.760. The summed E-state index contributed by atoms with van der Waals surface area (Å²) in [5.74, 6) is 2.04. The molecule has 0 amide bonds. The van der Waals surface area contributed by atoms with E-state index >= 15 is 0 Å². The molecule has 0 spiro atoms. The number of halogens is 1. The molecule has 114 valence electrons. The summed E-state index contributed by atoms with van der Waals surface area (Å²) in [5, 5.41) is 4.29. The van der Waals surface area contributed by atoms with Gasteiger partial charge >= 0.3 is 0 Å². The van der Waals surface area contributed by atoms with Crippen molar-refractivity contribution < 1.29 is 4.74 Å². The Morgan fingerprint density at radius 2 is 1.85 bits per heavy atom. The third kappa shape index (κ3) is 5.72. The molecule has 0 aliphatic heterocycles. The molecule has 0 fully saturated rings. The normalized spacial score (nSPS) is 13.0. The van der Waals surface area contributed by atoms with E-state index in [9.17, 15) is 0 Å². The Morgan fingerprint density at radius 1 is 1.15 bits per heavy atom. The molecule has 1 N–H and O–H groups in total. The lowest BCUT2D eigenvalue weighted by Crippen LogP contribution is -2.36. The number of nitrogens with one attached hydrogen (secondary N) is 1. The second-order valence-corrected chi connectivity index (χ2v) is 6.47. The number of aryl methyl sites for hydroxylation is 1. The molecule has 2 nitrogen and oxygen atoms in total. The molecular formula is C17H28ClNO. The van der Waals surface area contributed by atoms with Gasteiger partial charge in [-0.3, -0.25) is 0 Å². The standard InChI is InChI=1S/C17H28ClNO/c1-6-14-9-15(7-8-16(14)18)20-17(13(4)5)11-19-10-12(2)3/h7-9,12-13,17,19H,6,10-11H2,1-5H3. The van der Waals surface area contributed by atoms with Crippen molar-refractivity contribution in [1.82, 2.24) is 5.32 Å². The Hall–Kier alpha value is -0.730. The van der Waals surface area contributed by atoms with Crippen LogP contribution in [0.2, 0.25) is 5.02 Å². The smallest absolute Gasteiger partial charge is 0.120 e. The first kappa shape index (κ1) is 17.3. The molecule has 1 aromatic carbocycles. The predicted octanol–water partition coefficient (Wildman–Crippen LogP) is 4.55. The number of hydrogen-bond acceptors (Lipinski definition) is 2. The summed E-state index contributed by atoms with van der Waals surface area (Å²) >= 11 is 6.15. The van der Waals surface area contributed by atoms with Gasteiger partial charge in [0.2, 0.25) is 0 Å². The number of benzene rings is 1. The van der Waals surface area contributed by atoms with Crippen LogP contribution in [0.3, 0.4) is 0 Å². The maximum Gasteiger partial charge on any atom is 0.120 e. The molecule has 0 bridgehead atoms. The van der Waals surface area contributed by atoms with Crippen LogP contribution in [-0.2, 0) is 6.42 Å². The van der Waals surface area contributed by atoms with E-state index in [-0.39, 0.29) is 6.10 Å². The lowest BCUT2D eigenvalue weighted by atomic mass is 10.1. The van der Waals surface area contributed by atoms with E-state index in [1.165, 1.54) is 0 Å². The SMILES string of the molecule is CCc1cc(OC(CNCC(C)C)C(C)C)ccc1Cl. The van der Waals surface area contributed by atoms with Gasteiger partial charge in [-0.05, 0) is 48.6 Å². The molecule has 0 saturated carbocycles. The fourth-order valence-corrected chi connectivity index (χ4v) is 2.25. The maximum absolute atomic E-state index is 6.15. The van der Waals surface area contributed by atoms with Crippen molar-refractivity contribution in [3.63, 3.8) is 0 Å². The molecule has 1 rings (SSSR count). The van der Waals surface area contributed by atoms with Gasteiger partial charge in [0.15, 0.2) is 0 Å². The Balaban J connectivity index is 2.65. The van der Waals surface area contributed by atoms with E-state index in [1.807, 2.05) is 12.1 Å². The van der Waals surface area contributed by atoms with Crippen LogP contribution in [0.15, 0.2) is 18.2 Å². The zero-order valence-electron chi connectivity index (χ0n) is 13.4. The minimum Gasteiger partial charge on any atom is -0.489 e. The second kappa shape index (κ2) is 8.53. The average molecular weight is 298 g/mol. The van der Waals surface area contributed by atoms with Gasteiger partial charge < -0.3 is 10.1 Å². The number of ether oxygens (including phenoxy) is 1. The van der Waals surface area contributed by atoms with E-state index in [0.717, 1.165) is 35.8 Å². The van der Waals surface area contributed by atoms with Crippen molar-refractivity contribution >= 4 is 11.6 Å². The number of hydrogen-bond donors (Lipinski definition) is 1. The first-order chi connectivity index (χ1) is 9.43. The molecule has 1 atom stereocenters.